The highest BCUT2D eigenvalue weighted by molar-refractivity contribution is 5.92. The van der Waals surface area contributed by atoms with Gasteiger partial charge >= 0.3 is 0 Å². The van der Waals surface area contributed by atoms with Crippen molar-refractivity contribution in [3.05, 3.63) is 40.4 Å². The molecule has 124 valence electrons. The molecule has 0 spiro atoms. The minimum Gasteiger partial charge on any atom is -0.490 e. The molecule has 7 nitrogen and oxygen atoms in total. The zero-order valence-corrected chi connectivity index (χ0v) is 13.3. The molecular weight excluding hydrogens is 308 g/mol. The van der Waals surface area contributed by atoms with Gasteiger partial charge in [-0.1, -0.05) is 5.16 Å². The Bertz CT molecular complexity index is 908. The zero-order valence-electron chi connectivity index (χ0n) is 13.3. The topological polar surface area (TPSA) is 93.0 Å². The number of nitrogens with one attached hydrogen (secondary N) is 2. The van der Waals surface area contributed by atoms with Crippen molar-refractivity contribution in [1.29, 1.82) is 0 Å². The molecule has 3 heterocycles. The van der Waals surface area contributed by atoms with E-state index in [9.17, 15) is 4.79 Å². The van der Waals surface area contributed by atoms with E-state index < -0.39 is 0 Å². The maximum Gasteiger partial charge on any atom is 0.294 e. The van der Waals surface area contributed by atoms with Gasteiger partial charge in [0.1, 0.15) is 23.3 Å². The van der Waals surface area contributed by atoms with Crippen molar-refractivity contribution in [1.82, 2.24) is 20.7 Å². The van der Waals surface area contributed by atoms with Crippen molar-refractivity contribution in [3.8, 4) is 17.0 Å². The molecule has 0 unspecified atom stereocenters. The Balaban J connectivity index is 1.64. The van der Waals surface area contributed by atoms with Crippen LogP contribution in [0.25, 0.3) is 22.2 Å². The molecular formula is C17H18N4O3. The quantitative estimate of drug-likeness (QED) is 0.765. The first-order valence-electron chi connectivity index (χ1n) is 8.05. The molecule has 7 heteroatoms. The van der Waals surface area contributed by atoms with Crippen LogP contribution in [-0.2, 0) is 0 Å². The van der Waals surface area contributed by atoms with Crippen molar-refractivity contribution in [2.45, 2.75) is 25.9 Å². The monoisotopic (exact) mass is 326 g/mol. The first kappa shape index (κ1) is 14.9. The Labute approximate surface area is 138 Å². The number of nitrogens with zero attached hydrogens (tertiary/aromatic N) is 2. The van der Waals surface area contributed by atoms with Gasteiger partial charge in [0.05, 0.1) is 5.39 Å². The third-order valence-corrected chi connectivity index (χ3v) is 4.30. The summed E-state index contributed by atoms with van der Waals surface area (Å²) in [6.45, 7) is 3.76. The number of rotatable bonds is 3. The fourth-order valence-corrected chi connectivity index (χ4v) is 3.03. The number of H-pyrrole nitrogens is 1. The average molecular weight is 326 g/mol. The Hall–Kier alpha value is -2.67. The van der Waals surface area contributed by atoms with Crippen LogP contribution in [0.1, 0.15) is 18.6 Å². The predicted molar refractivity (Wildman–Crippen MR) is 89.1 cm³/mol. The molecule has 24 heavy (non-hydrogen) atoms. The van der Waals surface area contributed by atoms with E-state index in [0.29, 0.717) is 16.8 Å². The molecule has 2 aromatic heterocycles. The Morgan fingerprint density at radius 3 is 2.71 bits per heavy atom. The highest BCUT2D eigenvalue weighted by atomic mass is 16.5. The fraction of sp³-hybridized carbons (Fsp3) is 0.353. The van der Waals surface area contributed by atoms with Gasteiger partial charge in [0.15, 0.2) is 5.52 Å². The van der Waals surface area contributed by atoms with Gasteiger partial charge in [-0.15, -0.1) is 0 Å². The van der Waals surface area contributed by atoms with Crippen LogP contribution < -0.4 is 15.6 Å². The van der Waals surface area contributed by atoms with Crippen LogP contribution in [0.5, 0.6) is 5.75 Å². The summed E-state index contributed by atoms with van der Waals surface area (Å²) in [6, 6.07) is 7.73. The van der Waals surface area contributed by atoms with Gasteiger partial charge in [-0.3, -0.25) is 4.79 Å². The summed E-state index contributed by atoms with van der Waals surface area (Å²) in [6.07, 6.45) is 2.29. The number of fused-ring (bicyclic) bond motifs is 1. The smallest absolute Gasteiger partial charge is 0.294 e. The summed E-state index contributed by atoms with van der Waals surface area (Å²) < 4.78 is 11.2. The summed E-state index contributed by atoms with van der Waals surface area (Å²) >= 11 is 0. The van der Waals surface area contributed by atoms with Crippen molar-refractivity contribution >= 4 is 10.9 Å². The molecule has 0 aliphatic carbocycles. The first-order chi connectivity index (χ1) is 11.7. The SMILES string of the molecule is Cc1onc2c(=O)[nH]nc(-c3ccc(OC4CCNCC4)cc3)c12. The van der Waals surface area contributed by atoms with Crippen LogP contribution in [0, 0.1) is 6.92 Å². The van der Waals surface area contributed by atoms with Crippen LogP contribution in [-0.4, -0.2) is 34.5 Å². The summed E-state index contributed by atoms with van der Waals surface area (Å²) in [5.74, 6) is 1.42. The van der Waals surface area contributed by atoms with Crippen LogP contribution in [0.3, 0.4) is 0 Å². The number of aromatic nitrogens is 3. The number of hydrogen-bond acceptors (Lipinski definition) is 6. The van der Waals surface area contributed by atoms with Gasteiger partial charge in [-0.05, 0) is 57.1 Å². The maximum absolute atomic E-state index is 11.8. The van der Waals surface area contributed by atoms with Gasteiger partial charge in [0.2, 0.25) is 0 Å². The third-order valence-electron chi connectivity index (χ3n) is 4.30. The number of aromatic amines is 1. The molecule has 0 bridgehead atoms. The molecule has 0 atom stereocenters. The molecule has 1 fully saturated rings. The summed E-state index contributed by atoms with van der Waals surface area (Å²) in [5.41, 5.74) is 1.45. The third kappa shape index (κ3) is 2.67. The Morgan fingerprint density at radius 1 is 1.21 bits per heavy atom. The van der Waals surface area contributed by atoms with Gasteiger partial charge in [-0.2, -0.15) is 5.10 Å². The molecule has 1 aliphatic rings. The van der Waals surface area contributed by atoms with Gasteiger partial charge in [0, 0.05) is 5.56 Å². The van der Waals surface area contributed by atoms with Gasteiger partial charge < -0.3 is 14.6 Å². The normalized spacial score (nSPS) is 15.7. The molecule has 1 aromatic carbocycles. The highest BCUT2D eigenvalue weighted by Crippen LogP contribution is 2.28. The summed E-state index contributed by atoms with van der Waals surface area (Å²) in [4.78, 5) is 11.8. The molecule has 0 radical (unpaired) electrons. The van der Waals surface area contributed by atoms with Crippen molar-refractivity contribution in [2.24, 2.45) is 0 Å². The van der Waals surface area contributed by atoms with Crippen LogP contribution in [0.4, 0.5) is 0 Å². The van der Waals surface area contributed by atoms with E-state index >= 15 is 0 Å². The van der Waals surface area contributed by atoms with Crippen LogP contribution >= 0.6 is 0 Å². The zero-order chi connectivity index (χ0) is 16.5. The summed E-state index contributed by atoms with van der Waals surface area (Å²) in [7, 11) is 0. The lowest BCUT2D eigenvalue weighted by Crippen LogP contribution is -2.34. The highest BCUT2D eigenvalue weighted by Gasteiger charge is 2.17. The molecule has 2 N–H and O–H groups in total. The van der Waals surface area contributed by atoms with E-state index in [2.05, 4.69) is 20.7 Å². The first-order valence-corrected chi connectivity index (χ1v) is 8.05. The lowest BCUT2D eigenvalue weighted by atomic mass is 10.1. The lowest BCUT2D eigenvalue weighted by molar-refractivity contribution is 0.162. The molecule has 0 saturated carbocycles. The van der Waals surface area contributed by atoms with Crippen molar-refractivity contribution in [2.75, 3.05) is 13.1 Å². The molecule has 1 saturated heterocycles. The number of hydrogen-bond donors (Lipinski definition) is 2. The van der Waals surface area contributed by atoms with E-state index in [4.69, 9.17) is 9.26 Å². The lowest BCUT2D eigenvalue weighted by Gasteiger charge is -2.23. The molecule has 0 amide bonds. The van der Waals surface area contributed by atoms with Crippen molar-refractivity contribution < 1.29 is 9.26 Å². The van der Waals surface area contributed by atoms with E-state index in [-0.39, 0.29) is 17.2 Å². The van der Waals surface area contributed by atoms with E-state index in [1.165, 1.54) is 0 Å². The number of piperidine rings is 1. The van der Waals surface area contributed by atoms with Crippen LogP contribution in [0.2, 0.25) is 0 Å². The largest absolute Gasteiger partial charge is 0.490 e. The van der Waals surface area contributed by atoms with E-state index in [1.54, 1.807) is 6.92 Å². The summed E-state index contributed by atoms with van der Waals surface area (Å²) in [5, 5.41) is 14.4. The predicted octanol–water partition coefficient (Wildman–Crippen LogP) is 2.02. The average Bonchev–Trinajstić information content (AvgIpc) is 3.00. The Kier molecular flexibility index (Phi) is 3.78. The number of aryl methyl sites for hydroxylation is 1. The second-order valence-electron chi connectivity index (χ2n) is 5.96. The van der Waals surface area contributed by atoms with Gasteiger partial charge in [0.25, 0.3) is 5.56 Å². The number of ether oxygens (including phenoxy) is 1. The minimum absolute atomic E-state index is 0.260. The standard InChI is InChI=1S/C17H18N4O3/c1-10-14-15(19-20-17(22)16(14)21-24-10)11-2-4-12(5-3-11)23-13-6-8-18-9-7-13/h2-5,13,18H,6-9H2,1H3,(H,20,22). The molecule has 1 aliphatic heterocycles. The van der Waals surface area contributed by atoms with E-state index in [1.807, 2.05) is 24.3 Å². The maximum atomic E-state index is 11.8. The van der Waals surface area contributed by atoms with E-state index in [0.717, 1.165) is 37.2 Å². The molecule has 3 aromatic rings. The van der Waals surface area contributed by atoms with Crippen LogP contribution in [0.15, 0.2) is 33.6 Å². The van der Waals surface area contributed by atoms with Gasteiger partial charge in [-0.25, -0.2) is 5.10 Å². The molecule has 4 rings (SSSR count). The second kappa shape index (κ2) is 6.09. The van der Waals surface area contributed by atoms with Crippen molar-refractivity contribution in [3.63, 3.8) is 0 Å². The second-order valence-corrected chi connectivity index (χ2v) is 5.96. The Morgan fingerprint density at radius 2 is 1.96 bits per heavy atom. The fourth-order valence-electron chi connectivity index (χ4n) is 3.03. The number of benzene rings is 1. The minimum atomic E-state index is -0.350.